The standard InChI is InChI=1S/C12H22N2O3/c1-3-12(11(16)17)7-4-8-14(12)10(15)6-5-9(2)13/h9H,3-8,13H2,1-2H3,(H,16,17). The summed E-state index contributed by atoms with van der Waals surface area (Å²) in [5.74, 6) is -0.962. The average molecular weight is 242 g/mol. The first kappa shape index (κ1) is 14.0. The van der Waals surface area contributed by atoms with E-state index in [1.165, 1.54) is 4.90 Å². The van der Waals surface area contributed by atoms with Gasteiger partial charge in [0, 0.05) is 19.0 Å². The van der Waals surface area contributed by atoms with Crippen LogP contribution >= 0.6 is 0 Å². The van der Waals surface area contributed by atoms with Gasteiger partial charge in [0.2, 0.25) is 5.91 Å². The van der Waals surface area contributed by atoms with E-state index in [1.807, 2.05) is 13.8 Å². The molecule has 98 valence electrons. The number of nitrogens with two attached hydrogens (primary N) is 1. The zero-order valence-electron chi connectivity index (χ0n) is 10.6. The van der Waals surface area contributed by atoms with Crippen molar-refractivity contribution in [3.63, 3.8) is 0 Å². The summed E-state index contributed by atoms with van der Waals surface area (Å²) in [6.45, 7) is 4.23. The Kier molecular flexibility index (Phi) is 4.51. The van der Waals surface area contributed by atoms with E-state index in [0.29, 0.717) is 32.2 Å². The molecule has 0 radical (unpaired) electrons. The third-order valence-electron chi connectivity index (χ3n) is 3.59. The van der Waals surface area contributed by atoms with Crippen LogP contribution in [0.1, 0.15) is 46.0 Å². The summed E-state index contributed by atoms with van der Waals surface area (Å²) >= 11 is 0. The zero-order chi connectivity index (χ0) is 13.1. The summed E-state index contributed by atoms with van der Waals surface area (Å²) in [6, 6.07) is -0.0255. The molecule has 0 aromatic carbocycles. The first-order valence-electron chi connectivity index (χ1n) is 6.23. The fraction of sp³-hybridized carbons (Fsp3) is 0.833. The van der Waals surface area contributed by atoms with E-state index in [0.717, 1.165) is 6.42 Å². The summed E-state index contributed by atoms with van der Waals surface area (Å²) in [5.41, 5.74) is 4.63. The Bertz CT molecular complexity index is 304. The minimum atomic E-state index is -0.977. The topological polar surface area (TPSA) is 83.6 Å². The van der Waals surface area contributed by atoms with Gasteiger partial charge in [0.05, 0.1) is 0 Å². The molecule has 1 amide bonds. The molecule has 1 aliphatic rings. The predicted octanol–water partition coefficient (Wildman–Crippen LogP) is 0.970. The lowest BCUT2D eigenvalue weighted by Gasteiger charge is -2.34. The molecule has 0 bridgehead atoms. The molecule has 1 saturated heterocycles. The molecule has 0 aromatic rings. The molecule has 1 fully saturated rings. The monoisotopic (exact) mass is 242 g/mol. The van der Waals surface area contributed by atoms with Gasteiger partial charge < -0.3 is 15.7 Å². The van der Waals surface area contributed by atoms with Crippen LogP contribution in [0.3, 0.4) is 0 Å². The third kappa shape index (κ3) is 2.77. The van der Waals surface area contributed by atoms with Crippen molar-refractivity contribution in [3.05, 3.63) is 0 Å². The lowest BCUT2D eigenvalue weighted by atomic mass is 9.92. The van der Waals surface area contributed by atoms with Gasteiger partial charge in [-0.25, -0.2) is 4.79 Å². The van der Waals surface area contributed by atoms with Crippen LogP contribution in [0.4, 0.5) is 0 Å². The molecule has 2 unspecified atom stereocenters. The van der Waals surface area contributed by atoms with Gasteiger partial charge in [0.15, 0.2) is 0 Å². The maximum Gasteiger partial charge on any atom is 0.329 e. The van der Waals surface area contributed by atoms with Crippen molar-refractivity contribution in [1.82, 2.24) is 4.90 Å². The van der Waals surface area contributed by atoms with Gasteiger partial charge in [-0.2, -0.15) is 0 Å². The van der Waals surface area contributed by atoms with Crippen LogP contribution in [0.15, 0.2) is 0 Å². The highest BCUT2D eigenvalue weighted by Gasteiger charge is 2.48. The van der Waals surface area contributed by atoms with Gasteiger partial charge in [-0.15, -0.1) is 0 Å². The lowest BCUT2D eigenvalue weighted by molar-refractivity contribution is -0.156. The molecule has 1 heterocycles. The molecule has 0 aliphatic carbocycles. The van der Waals surface area contributed by atoms with Crippen LogP contribution in [0.2, 0.25) is 0 Å². The number of amides is 1. The molecule has 17 heavy (non-hydrogen) atoms. The van der Waals surface area contributed by atoms with E-state index in [9.17, 15) is 14.7 Å². The minimum absolute atomic E-state index is 0.0255. The number of likely N-dealkylation sites (tertiary alicyclic amines) is 1. The molecule has 3 N–H and O–H groups in total. The van der Waals surface area contributed by atoms with Crippen LogP contribution in [0.5, 0.6) is 0 Å². The van der Waals surface area contributed by atoms with Crippen molar-refractivity contribution in [1.29, 1.82) is 0 Å². The average Bonchev–Trinajstić information content (AvgIpc) is 2.70. The Morgan fingerprint density at radius 1 is 1.53 bits per heavy atom. The molecule has 0 spiro atoms. The van der Waals surface area contributed by atoms with Crippen molar-refractivity contribution >= 4 is 11.9 Å². The lowest BCUT2D eigenvalue weighted by Crippen LogP contribution is -2.52. The van der Waals surface area contributed by atoms with Gasteiger partial charge in [-0.05, 0) is 32.6 Å². The molecule has 0 saturated carbocycles. The second-order valence-electron chi connectivity index (χ2n) is 4.86. The predicted molar refractivity (Wildman–Crippen MR) is 64.5 cm³/mol. The van der Waals surface area contributed by atoms with Crippen LogP contribution in [-0.2, 0) is 9.59 Å². The Balaban J connectivity index is 2.74. The molecule has 0 aromatic heterocycles. The second-order valence-corrected chi connectivity index (χ2v) is 4.86. The highest BCUT2D eigenvalue weighted by atomic mass is 16.4. The quantitative estimate of drug-likeness (QED) is 0.752. The Hall–Kier alpha value is -1.10. The molecular weight excluding hydrogens is 220 g/mol. The summed E-state index contributed by atoms with van der Waals surface area (Å²) in [4.78, 5) is 25.0. The van der Waals surface area contributed by atoms with Crippen LogP contribution in [0.25, 0.3) is 0 Å². The minimum Gasteiger partial charge on any atom is -0.479 e. The molecule has 1 rings (SSSR count). The van der Waals surface area contributed by atoms with Crippen molar-refractivity contribution in [2.75, 3.05) is 6.54 Å². The van der Waals surface area contributed by atoms with Gasteiger partial charge in [-0.3, -0.25) is 4.79 Å². The van der Waals surface area contributed by atoms with E-state index in [-0.39, 0.29) is 11.9 Å². The first-order valence-corrected chi connectivity index (χ1v) is 6.23. The molecular formula is C12H22N2O3. The van der Waals surface area contributed by atoms with E-state index < -0.39 is 11.5 Å². The molecule has 5 heteroatoms. The smallest absolute Gasteiger partial charge is 0.329 e. The fourth-order valence-electron chi connectivity index (χ4n) is 2.47. The number of nitrogens with zero attached hydrogens (tertiary/aromatic N) is 1. The second kappa shape index (κ2) is 5.49. The number of rotatable bonds is 5. The summed E-state index contributed by atoms with van der Waals surface area (Å²) in [6.07, 6.45) is 2.74. The molecule has 1 aliphatic heterocycles. The number of carbonyl (C=O) groups is 2. The SMILES string of the molecule is CCC1(C(=O)O)CCCN1C(=O)CCC(C)N. The maximum absolute atomic E-state index is 12.0. The number of carboxylic acid groups (broad SMARTS) is 1. The highest BCUT2D eigenvalue weighted by Crippen LogP contribution is 2.33. The summed E-state index contributed by atoms with van der Waals surface area (Å²) in [5, 5.41) is 9.34. The van der Waals surface area contributed by atoms with Crippen LogP contribution in [-0.4, -0.2) is 40.0 Å². The van der Waals surface area contributed by atoms with Crippen molar-refractivity contribution in [2.24, 2.45) is 5.73 Å². The normalized spacial score (nSPS) is 25.9. The van der Waals surface area contributed by atoms with E-state index in [4.69, 9.17) is 5.73 Å². The number of aliphatic carboxylic acids is 1. The zero-order valence-corrected chi connectivity index (χ0v) is 10.6. The number of hydrogen-bond acceptors (Lipinski definition) is 3. The third-order valence-corrected chi connectivity index (χ3v) is 3.59. The number of carbonyl (C=O) groups excluding carboxylic acids is 1. The van der Waals surface area contributed by atoms with Crippen molar-refractivity contribution in [3.8, 4) is 0 Å². The van der Waals surface area contributed by atoms with Gasteiger partial charge >= 0.3 is 5.97 Å². The van der Waals surface area contributed by atoms with E-state index in [2.05, 4.69) is 0 Å². The van der Waals surface area contributed by atoms with Crippen LogP contribution < -0.4 is 5.73 Å². The fourth-order valence-corrected chi connectivity index (χ4v) is 2.47. The molecule has 5 nitrogen and oxygen atoms in total. The van der Waals surface area contributed by atoms with Crippen molar-refractivity contribution < 1.29 is 14.7 Å². The first-order chi connectivity index (χ1) is 7.94. The van der Waals surface area contributed by atoms with E-state index in [1.54, 1.807) is 0 Å². The highest BCUT2D eigenvalue weighted by molar-refractivity contribution is 5.87. The van der Waals surface area contributed by atoms with Gasteiger partial charge in [0.25, 0.3) is 0 Å². The summed E-state index contributed by atoms with van der Waals surface area (Å²) < 4.78 is 0. The van der Waals surface area contributed by atoms with Gasteiger partial charge in [-0.1, -0.05) is 6.92 Å². The Labute approximate surface area is 102 Å². The Morgan fingerprint density at radius 2 is 2.18 bits per heavy atom. The number of carboxylic acids is 1. The van der Waals surface area contributed by atoms with Gasteiger partial charge in [0.1, 0.15) is 5.54 Å². The van der Waals surface area contributed by atoms with Crippen LogP contribution in [0, 0.1) is 0 Å². The molecule has 2 atom stereocenters. The summed E-state index contributed by atoms with van der Waals surface area (Å²) in [7, 11) is 0. The van der Waals surface area contributed by atoms with E-state index >= 15 is 0 Å². The Morgan fingerprint density at radius 3 is 2.65 bits per heavy atom. The number of hydrogen-bond donors (Lipinski definition) is 2. The largest absolute Gasteiger partial charge is 0.479 e. The van der Waals surface area contributed by atoms with Crippen molar-refractivity contribution in [2.45, 2.75) is 57.5 Å². The maximum atomic E-state index is 12.0.